The van der Waals surface area contributed by atoms with Gasteiger partial charge in [-0.1, -0.05) is 37.1 Å². The number of benzene rings is 1. The molecule has 0 unspecified atom stereocenters. The summed E-state index contributed by atoms with van der Waals surface area (Å²) in [6, 6.07) is 10.5. The van der Waals surface area contributed by atoms with Gasteiger partial charge in [-0.25, -0.2) is 0 Å². The van der Waals surface area contributed by atoms with E-state index in [0.717, 1.165) is 18.4 Å². The van der Waals surface area contributed by atoms with Crippen molar-refractivity contribution in [3.05, 3.63) is 46.7 Å². The van der Waals surface area contributed by atoms with Crippen LogP contribution in [-0.4, -0.2) is 29.8 Å². The molecule has 4 nitrogen and oxygen atoms in total. The first kappa shape index (κ1) is 19.2. The summed E-state index contributed by atoms with van der Waals surface area (Å²) in [6.45, 7) is 1.10. The molecule has 1 atom stereocenters. The Hall–Kier alpha value is -2.14. The smallest absolute Gasteiger partial charge is 0.225 e. The van der Waals surface area contributed by atoms with Crippen LogP contribution >= 0.6 is 11.3 Å². The summed E-state index contributed by atoms with van der Waals surface area (Å²) in [4.78, 5) is 27.0. The van der Waals surface area contributed by atoms with Crippen LogP contribution in [0.3, 0.4) is 0 Å². The highest BCUT2D eigenvalue weighted by molar-refractivity contribution is 7.08. The highest BCUT2D eigenvalue weighted by Gasteiger charge is 2.44. The number of thiophene rings is 1. The summed E-state index contributed by atoms with van der Waals surface area (Å²) in [5.74, 6) is 0.439. The molecule has 148 valence electrons. The predicted octanol–water partition coefficient (Wildman–Crippen LogP) is 4.24. The molecule has 2 heterocycles. The van der Waals surface area contributed by atoms with Crippen LogP contribution in [-0.2, 0) is 16.0 Å². The Kier molecular flexibility index (Phi) is 5.54. The monoisotopic (exact) mass is 396 g/mol. The van der Waals surface area contributed by atoms with E-state index in [1.165, 1.54) is 24.0 Å². The molecule has 1 saturated heterocycles. The van der Waals surface area contributed by atoms with Crippen LogP contribution in [0, 0.1) is 11.3 Å². The largest absolute Gasteiger partial charge is 0.369 e. The van der Waals surface area contributed by atoms with Gasteiger partial charge in [-0.15, -0.1) is 0 Å². The van der Waals surface area contributed by atoms with Crippen molar-refractivity contribution >= 4 is 23.2 Å². The van der Waals surface area contributed by atoms with E-state index in [2.05, 4.69) is 41.1 Å². The van der Waals surface area contributed by atoms with E-state index in [9.17, 15) is 9.59 Å². The fraction of sp³-hybridized carbons (Fsp3) is 0.478. The molecule has 28 heavy (non-hydrogen) atoms. The number of hydrogen-bond donors (Lipinski definition) is 1. The van der Waals surface area contributed by atoms with Gasteiger partial charge in [0.25, 0.3) is 0 Å². The highest BCUT2D eigenvalue weighted by atomic mass is 32.1. The molecule has 2 N–H and O–H groups in total. The summed E-state index contributed by atoms with van der Waals surface area (Å²) in [5, 5.41) is 4.20. The molecule has 1 aromatic heterocycles. The van der Waals surface area contributed by atoms with E-state index in [1.54, 1.807) is 11.3 Å². The molecule has 1 aliphatic heterocycles. The van der Waals surface area contributed by atoms with Crippen LogP contribution < -0.4 is 5.73 Å². The lowest BCUT2D eigenvalue weighted by atomic mass is 9.80. The first-order valence-corrected chi connectivity index (χ1v) is 11.2. The average Bonchev–Trinajstić information content (AvgIpc) is 3.45. The zero-order chi connectivity index (χ0) is 19.6. The van der Waals surface area contributed by atoms with Crippen molar-refractivity contribution in [2.75, 3.05) is 13.1 Å². The lowest BCUT2D eigenvalue weighted by molar-refractivity contribution is -0.132. The van der Waals surface area contributed by atoms with Gasteiger partial charge < -0.3 is 10.6 Å². The Morgan fingerprint density at radius 2 is 1.86 bits per heavy atom. The Bertz CT molecular complexity index is 825. The van der Waals surface area contributed by atoms with Gasteiger partial charge in [0.1, 0.15) is 0 Å². The van der Waals surface area contributed by atoms with Crippen LogP contribution in [0.5, 0.6) is 0 Å². The van der Waals surface area contributed by atoms with Crippen LogP contribution in [0.4, 0.5) is 0 Å². The first-order valence-electron chi connectivity index (χ1n) is 10.2. The molecule has 0 radical (unpaired) electrons. The maximum Gasteiger partial charge on any atom is 0.225 e. The number of nitrogens with zero attached hydrogens (tertiary/aromatic N) is 1. The maximum absolute atomic E-state index is 12.7. The van der Waals surface area contributed by atoms with Crippen molar-refractivity contribution in [2.45, 2.75) is 44.9 Å². The van der Waals surface area contributed by atoms with Gasteiger partial charge in [0.2, 0.25) is 11.8 Å². The van der Waals surface area contributed by atoms with Crippen molar-refractivity contribution in [3.63, 3.8) is 0 Å². The van der Waals surface area contributed by atoms with Crippen molar-refractivity contribution in [2.24, 2.45) is 17.1 Å². The van der Waals surface area contributed by atoms with Crippen LogP contribution in [0.15, 0.2) is 41.1 Å². The number of carbonyl (C=O) groups is 2. The van der Waals surface area contributed by atoms with Crippen LogP contribution in [0.25, 0.3) is 11.1 Å². The number of primary amides is 1. The minimum atomic E-state index is -0.644. The van der Waals surface area contributed by atoms with E-state index in [-0.39, 0.29) is 11.8 Å². The number of amides is 2. The first-order chi connectivity index (χ1) is 13.6. The molecular weight excluding hydrogens is 368 g/mol. The number of carbonyl (C=O) groups excluding carboxylic acids is 2. The van der Waals surface area contributed by atoms with Gasteiger partial charge in [0, 0.05) is 19.5 Å². The second-order valence-electron chi connectivity index (χ2n) is 8.45. The van der Waals surface area contributed by atoms with Crippen molar-refractivity contribution in [1.82, 2.24) is 4.90 Å². The van der Waals surface area contributed by atoms with E-state index < -0.39 is 5.41 Å². The van der Waals surface area contributed by atoms with Crippen LogP contribution in [0.2, 0.25) is 0 Å². The quantitative estimate of drug-likeness (QED) is 0.794. The average molecular weight is 397 g/mol. The Morgan fingerprint density at radius 1 is 1.11 bits per heavy atom. The highest BCUT2D eigenvalue weighted by Crippen LogP contribution is 2.36. The molecule has 2 aliphatic rings. The minimum Gasteiger partial charge on any atom is -0.369 e. The molecule has 4 rings (SSSR count). The van der Waals surface area contributed by atoms with Gasteiger partial charge in [0.15, 0.2) is 0 Å². The molecule has 2 fully saturated rings. The predicted molar refractivity (Wildman–Crippen MR) is 113 cm³/mol. The van der Waals surface area contributed by atoms with Gasteiger partial charge in [-0.3, -0.25) is 9.59 Å². The van der Waals surface area contributed by atoms with Gasteiger partial charge in [-0.05, 0) is 65.1 Å². The lowest BCUT2D eigenvalue weighted by Gasteiger charge is -2.26. The van der Waals surface area contributed by atoms with Gasteiger partial charge >= 0.3 is 0 Å². The number of rotatable bonds is 6. The Morgan fingerprint density at radius 3 is 2.50 bits per heavy atom. The van der Waals surface area contributed by atoms with Crippen LogP contribution in [0.1, 0.15) is 44.1 Å². The summed E-state index contributed by atoms with van der Waals surface area (Å²) in [6.07, 6.45) is 6.69. The molecule has 1 saturated carbocycles. The van der Waals surface area contributed by atoms with E-state index >= 15 is 0 Å². The topological polar surface area (TPSA) is 63.4 Å². The number of nitrogens with two attached hydrogens (primary N) is 1. The third-order valence-corrected chi connectivity index (χ3v) is 7.20. The minimum absolute atomic E-state index is 0.197. The van der Waals surface area contributed by atoms with E-state index in [0.29, 0.717) is 38.3 Å². The SMILES string of the molecule is NC(=O)[C@]1(Cc2ccc(-c3ccsc3)cc2)CCN(C(=O)CC2CCCC2)C1. The molecule has 0 spiro atoms. The van der Waals surface area contributed by atoms with Crippen molar-refractivity contribution in [1.29, 1.82) is 0 Å². The summed E-state index contributed by atoms with van der Waals surface area (Å²) < 4.78 is 0. The van der Waals surface area contributed by atoms with Crippen molar-refractivity contribution < 1.29 is 9.59 Å². The number of hydrogen-bond acceptors (Lipinski definition) is 3. The summed E-state index contributed by atoms with van der Waals surface area (Å²) >= 11 is 1.68. The fourth-order valence-corrected chi connectivity index (χ4v) is 5.41. The standard InChI is InChI=1S/C23H28N2O2S/c24-22(27)23(10-11-25(16-23)21(26)13-17-3-1-2-4-17)14-18-5-7-19(8-6-18)20-9-12-28-15-20/h5-9,12,15,17H,1-4,10-11,13-14,16H2,(H2,24,27)/t23-/m0/s1. The molecule has 0 bridgehead atoms. The second-order valence-corrected chi connectivity index (χ2v) is 9.23. The normalized spacial score (nSPS) is 22.6. The molecular formula is C23H28N2O2S. The number of likely N-dealkylation sites (tertiary alicyclic amines) is 1. The van der Waals surface area contributed by atoms with Crippen molar-refractivity contribution in [3.8, 4) is 11.1 Å². The third kappa shape index (κ3) is 4.00. The second kappa shape index (κ2) is 8.08. The maximum atomic E-state index is 12.7. The zero-order valence-electron chi connectivity index (χ0n) is 16.2. The zero-order valence-corrected chi connectivity index (χ0v) is 17.0. The summed E-state index contributed by atoms with van der Waals surface area (Å²) in [7, 11) is 0. The van der Waals surface area contributed by atoms with Gasteiger partial charge in [0.05, 0.1) is 5.41 Å². The molecule has 2 aromatic rings. The van der Waals surface area contributed by atoms with E-state index in [1.807, 2.05) is 4.90 Å². The van der Waals surface area contributed by atoms with Gasteiger partial charge in [-0.2, -0.15) is 11.3 Å². The molecule has 2 amide bonds. The third-order valence-electron chi connectivity index (χ3n) is 6.52. The Labute approximate surface area is 170 Å². The lowest BCUT2D eigenvalue weighted by Crippen LogP contribution is -2.42. The molecule has 1 aliphatic carbocycles. The summed E-state index contributed by atoms with van der Waals surface area (Å²) in [5.41, 5.74) is 8.69. The molecule has 5 heteroatoms. The molecule has 1 aromatic carbocycles. The fourth-order valence-electron chi connectivity index (χ4n) is 4.74. The van der Waals surface area contributed by atoms with E-state index in [4.69, 9.17) is 5.73 Å². The Balaban J connectivity index is 1.43.